The van der Waals surface area contributed by atoms with E-state index < -0.39 is 5.60 Å². The molecule has 0 aromatic carbocycles. The molecule has 9 heteroatoms. The third-order valence-electron chi connectivity index (χ3n) is 5.27. The van der Waals surface area contributed by atoms with Gasteiger partial charge in [-0.1, -0.05) is 6.92 Å². The van der Waals surface area contributed by atoms with Crippen LogP contribution in [0.1, 0.15) is 38.3 Å². The van der Waals surface area contributed by atoms with Crippen LogP contribution >= 0.6 is 0 Å². The van der Waals surface area contributed by atoms with Crippen molar-refractivity contribution in [2.45, 2.75) is 51.8 Å². The van der Waals surface area contributed by atoms with E-state index in [0.717, 1.165) is 24.7 Å². The Morgan fingerprint density at radius 1 is 1.36 bits per heavy atom. The Kier molecular flexibility index (Phi) is 8.21. The fourth-order valence-corrected chi connectivity index (χ4v) is 3.68. The van der Waals surface area contributed by atoms with Crippen molar-refractivity contribution < 1.29 is 5.11 Å². The summed E-state index contributed by atoms with van der Waals surface area (Å²) in [7, 11) is 5.86. The molecule has 0 aliphatic carbocycles. The van der Waals surface area contributed by atoms with E-state index in [1.807, 2.05) is 44.5 Å². The predicted octanol–water partition coefficient (Wildman–Crippen LogP) is -0.0444. The molecule has 2 heterocycles. The van der Waals surface area contributed by atoms with Crippen LogP contribution in [0.15, 0.2) is 4.99 Å². The van der Waals surface area contributed by atoms with Gasteiger partial charge in [0, 0.05) is 32.7 Å². The molecule has 1 fully saturated rings. The SMILES string of the molecule is CCN1CCCC1CNC(=NCc1nnc(C)n1C)NCC(C)(O)CN(C)C. The number of aliphatic imine (C=N–C) groups is 1. The van der Waals surface area contributed by atoms with Crippen molar-refractivity contribution in [2.24, 2.45) is 12.0 Å². The first-order chi connectivity index (χ1) is 13.2. The molecule has 3 N–H and O–H groups in total. The zero-order chi connectivity index (χ0) is 20.7. The van der Waals surface area contributed by atoms with Gasteiger partial charge in [0.1, 0.15) is 12.4 Å². The van der Waals surface area contributed by atoms with Gasteiger partial charge in [-0.2, -0.15) is 0 Å². The van der Waals surface area contributed by atoms with Crippen molar-refractivity contribution in [3.05, 3.63) is 11.6 Å². The molecule has 0 spiro atoms. The molecule has 1 aromatic rings. The second-order valence-corrected chi connectivity index (χ2v) is 8.28. The minimum absolute atomic E-state index is 0.414. The molecular formula is C19H38N8O. The Hall–Kier alpha value is -1.71. The highest BCUT2D eigenvalue weighted by Crippen LogP contribution is 2.15. The highest BCUT2D eigenvalue weighted by atomic mass is 16.3. The van der Waals surface area contributed by atoms with E-state index in [1.165, 1.54) is 19.4 Å². The van der Waals surface area contributed by atoms with Gasteiger partial charge in [-0.25, -0.2) is 4.99 Å². The summed E-state index contributed by atoms with van der Waals surface area (Å²) < 4.78 is 1.94. The quantitative estimate of drug-likeness (QED) is 0.400. The molecule has 1 aliphatic rings. The van der Waals surface area contributed by atoms with Crippen molar-refractivity contribution in [3.63, 3.8) is 0 Å². The number of likely N-dealkylation sites (tertiary alicyclic amines) is 1. The number of hydrogen-bond acceptors (Lipinski definition) is 6. The summed E-state index contributed by atoms with van der Waals surface area (Å²) in [6, 6.07) is 0.524. The third-order valence-corrected chi connectivity index (χ3v) is 5.27. The topological polar surface area (TPSA) is 93.8 Å². The minimum Gasteiger partial charge on any atom is -0.387 e. The molecule has 0 saturated carbocycles. The van der Waals surface area contributed by atoms with Crippen LogP contribution in [0, 0.1) is 6.92 Å². The number of rotatable bonds is 9. The molecule has 1 saturated heterocycles. The summed E-state index contributed by atoms with van der Waals surface area (Å²) in [5, 5.41) is 25.7. The number of nitrogens with one attached hydrogen (secondary N) is 2. The highest BCUT2D eigenvalue weighted by molar-refractivity contribution is 5.79. The molecule has 1 aliphatic heterocycles. The maximum Gasteiger partial charge on any atom is 0.191 e. The summed E-state index contributed by atoms with van der Waals surface area (Å²) in [6.45, 7) is 10.5. The second-order valence-electron chi connectivity index (χ2n) is 8.28. The second kappa shape index (κ2) is 10.2. The molecule has 9 nitrogen and oxygen atoms in total. The van der Waals surface area contributed by atoms with Gasteiger partial charge in [0.25, 0.3) is 0 Å². The van der Waals surface area contributed by atoms with E-state index in [1.54, 1.807) is 0 Å². The summed E-state index contributed by atoms with van der Waals surface area (Å²) in [6.07, 6.45) is 2.45. The Bertz CT molecular complexity index is 640. The fourth-order valence-electron chi connectivity index (χ4n) is 3.68. The number of hydrogen-bond donors (Lipinski definition) is 3. The third kappa shape index (κ3) is 6.72. The fraction of sp³-hybridized carbons (Fsp3) is 0.842. The lowest BCUT2D eigenvalue weighted by atomic mass is 10.1. The van der Waals surface area contributed by atoms with Gasteiger partial charge in [-0.05, 0) is 53.9 Å². The largest absolute Gasteiger partial charge is 0.387 e. The number of likely N-dealkylation sites (N-methyl/N-ethyl adjacent to an activating group) is 2. The van der Waals surface area contributed by atoms with Gasteiger partial charge in [0.2, 0.25) is 0 Å². The first-order valence-electron chi connectivity index (χ1n) is 10.2. The van der Waals surface area contributed by atoms with Crippen LogP contribution < -0.4 is 10.6 Å². The van der Waals surface area contributed by atoms with Gasteiger partial charge in [-0.15, -0.1) is 10.2 Å². The maximum atomic E-state index is 10.6. The number of aliphatic hydroxyl groups is 1. The lowest BCUT2D eigenvalue weighted by molar-refractivity contribution is 0.0377. The van der Waals surface area contributed by atoms with Gasteiger partial charge in [0.05, 0.1) is 5.60 Å². The smallest absolute Gasteiger partial charge is 0.191 e. The molecule has 2 atom stereocenters. The summed E-state index contributed by atoms with van der Waals surface area (Å²) in [5.74, 6) is 2.38. The molecular weight excluding hydrogens is 356 g/mol. The van der Waals surface area contributed by atoms with E-state index >= 15 is 0 Å². The van der Waals surface area contributed by atoms with E-state index in [4.69, 9.17) is 4.99 Å². The summed E-state index contributed by atoms with van der Waals surface area (Å²) >= 11 is 0. The van der Waals surface area contributed by atoms with Crippen molar-refractivity contribution >= 4 is 5.96 Å². The average Bonchev–Trinajstić information content (AvgIpc) is 3.20. The van der Waals surface area contributed by atoms with Gasteiger partial charge in [-0.3, -0.25) is 4.90 Å². The van der Waals surface area contributed by atoms with E-state index in [2.05, 4.69) is 32.7 Å². The highest BCUT2D eigenvalue weighted by Gasteiger charge is 2.24. The monoisotopic (exact) mass is 394 g/mol. The Morgan fingerprint density at radius 2 is 2.11 bits per heavy atom. The number of guanidine groups is 1. The lowest BCUT2D eigenvalue weighted by Gasteiger charge is -2.29. The van der Waals surface area contributed by atoms with Crippen LogP contribution in [0.3, 0.4) is 0 Å². The van der Waals surface area contributed by atoms with Crippen LogP contribution in [0.25, 0.3) is 0 Å². The van der Waals surface area contributed by atoms with Gasteiger partial charge < -0.3 is 25.2 Å². The van der Waals surface area contributed by atoms with Crippen molar-refractivity contribution in [1.82, 2.24) is 35.2 Å². The summed E-state index contributed by atoms with van der Waals surface area (Å²) in [4.78, 5) is 9.17. The standard InChI is InChI=1S/C19H38N8O/c1-7-27-10-8-9-16(27)11-20-18(22-13-19(3,28)14-25(4)5)21-12-17-24-23-15(2)26(17)6/h16,28H,7-14H2,1-6H3,(H2,20,21,22). The Balaban J connectivity index is 2.01. The predicted molar refractivity (Wildman–Crippen MR) is 112 cm³/mol. The van der Waals surface area contributed by atoms with Crippen LogP contribution in [-0.2, 0) is 13.6 Å². The maximum absolute atomic E-state index is 10.6. The number of aryl methyl sites for hydroxylation is 1. The van der Waals surface area contributed by atoms with Crippen molar-refractivity contribution in [3.8, 4) is 0 Å². The molecule has 160 valence electrons. The molecule has 1 aromatic heterocycles. The number of nitrogens with zero attached hydrogens (tertiary/aromatic N) is 6. The van der Waals surface area contributed by atoms with E-state index in [0.29, 0.717) is 31.6 Å². The van der Waals surface area contributed by atoms with Gasteiger partial charge in [0.15, 0.2) is 11.8 Å². The Labute approximate surface area is 169 Å². The number of aromatic nitrogens is 3. The first-order valence-corrected chi connectivity index (χ1v) is 10.2. The molecule has 0 bridgehead atoms. The molecule has 28 heavy (non-hydrogen) atoms. The normalized spacial score (nSPS) is 20.6. The average molecular weight is 395 g/mol. The molecule has 0 radical (unpaired) electrons. The Morgan fingerprint density at radius 3 is 2.71 bits per heavy atom. The summed E-state index contributed by atoms with van der Waals surface area (Å²) in [5.41, 5.74) is -0.851. The van der Waals surface area contributed by atoms with Crippen LogP contribution in [-0.4, -0.2) is 94.1 Å². The van der Waals surface area contributed by atoms with Crippen LogP contribution in [0.2, 0.25) is 0 Å². The minimum atomic E-state index is -0.851. The first kappa shape index (κ1) is 22.6. The van der Waals surface area contributed by atoms with Crippen LogP contribution in [0.5, 0.6) is 0 Å². The lowest BCUT2D eigenvalue weighted by Crippen LogP contribution is -2.51. The molecule has 0 amide bonds. The molecule has 2 rings (SSSR count). The molecule has 2 unspecified atom stereocenters. The van der Waals surface area contributed by atoms with E-state index in [-0.39, 0.29) is 0 Å². The van der Waals surface area contributed by atoms with Crippen LogP contribution in [0.4, 0.5) is 0 Å². The van der Waals surface area contributed by atoms with Gasteiger partial charge >= 0.3 is 0 Å². The van der Waals surface area contributed by atoms with E-state index in [9.17, 15) is 5.11 Å². The zero-order valence-corrected chi connectivity index (χ0v) is 18.4. The van der Waals surface area contributed by atoms with Crippen molar-refractivity contribution in [2.75, 3.05) is 46.8 Å². The van der Waals surface area contributed by atoms with Crippen molar-refractivity contribution in [1.29, 1.82) is 0 Å². The zero-order valence-electron chi connectivity index (χ0n) is 18.4.